The number of carboxylic acid groups (broad SMARTS) is 1. The van der Waals surface area contributed by atoms with Crippen LogP contribution in [0.4, 0.5) is 18.9 Å². The number of alkyl halides is 3. The van der Waals surface area contributed by atoms with E-state index in [0.717, 1.165) is 19.8 Å². The number of rotatable bonds is 8. The zero-order valence-electron chi connectivity index (χ0n) is 20.0. The van der Waals surface area contributed by atoms with Gasteiger partial charge < -0.3 is 19.9 Å². The van der Waals surface area contributed by atoms with Gasteiger partial charge in [-0.05, 0) is 60.1 Å². The van der Waals surface area contributed by atoms with Crippen molar-refractivity contribution in [1.82, 2.24) is 0 Å². The molecule has 0 saturated heterocycles. The molecule has 0 aromatic heterocycles. The Morgan fingerprint density at radius 3 is 2.36 bits per heavy atom. The number of halogens is 4. The number of aliphatic carboxylic acids is 1. The summed E-state index contributed by atoms with van der Waals surface area (Å²) >= 11 is 6.28. The molecule has 1 heterocycles. The van der Waals surface area contributed by atoms with Gasteiger partial charge in [-0.3, -0.25) is 9.59 Å². The number of nitrogens with one attached hydrogen (secondary N) is 1. The molecule has 4 rings (SSSR count). The second-order valence-electron chi connectivity index (χ2n) is 9.89. The van der Waals surface area contributed by atoms with Crippen LogP contribution in [0, 0.1) is 11.8 Å². The molecule has 1 amide bonds. The van der Waals surface area contributed by atoms with Crippen molar-refractivity contribution in [3.8, 4) is 11.5 Å². The predicted molar refractivity (Wildman–Crippen MR) is 128 cm³/mol. The predicted octanol–water partition coefficient (Wildman–Crippen LogP) is 6.74. The Hall–Kier alpha value is -2.94. The van der Waals surface area contributed by atoms with Crippen LogP contribution in [0.5, 0.6) is 11.5 Å². The zero-order chi connectivity index (χ0) is 26.4. The molecule has 2 aromatic carbocycles. The van der Waals surface area contributed by atoms with E-state index in [-0.39, 0.29) is 40.3 Å². The highest BCUT2D eigenvalue weighted by Gasteiger charge is 2.46. The van der Waals surface area contributed by atoms with Crippen molar-refractivity contribution in [3.05, 3.63) is 52.5 Å². The second-order valence-corrected chi connectivity index (χ2v) is 10.3. The van der Waals surface area contributed by atoms with Crippen molar-refractivity contribution < 1.29 is 37.3 Å². The molecule has 2 aliphatic rings. The van der Waals surface area contributed by atoms with Crippen molar-refractivity contribution in [2.24, 2.45) is 11.8 Å². The normalized spacial score (nSPS) is 18.9. The van der Waals surface area contributed by atoms with Gasteiger partial charge in [-0.25, -0.2) is 0 Å². The third kappa shape index (κ3) is 5.72. The molecule has 3 atom stereocenters. The van der Waals surface area contributed by atoms with E-state index in [2.05, 4.69) is 5.32 Å². The molecule has 0 spiro atoms. The summed E-state index contributed by atoms with van der Waals surface area (Å²) in [5.74, 6) is -5.85. The van der Waals surface area contributed by atoms with E-state index in [9.17, 15) is 27.9 Å². The van der Waals surface area contributed by atoms with Crippen LogP contribution in [0.3, 0.4) is 0 Å². The van der Waals surface area contributed by atoms with Crippen LogP contribution in [-0.2, 0) is 9.59 Å². The van der Waals surface area contributed by atoms with Gasteiger partial charge in [0.15, 0.2) is 11.5 Å². The van der Waals surface area contributed by atoms with Crippen LogP contribution < -0.4 is 14.8 Å². The highest BCUT2D eigenvalue weighted by molar-refractivity contribution is 6.33. The number of benzene rings is 2. The van der Waals surface area contributed by atoms with Crippen LogP contribution in [0.15, 0.2) is 36.4 Å². The van der Waals surface area contributed by atoms with Gasteiger partial charge >= 0.3 is 12.1 Å². The molecule has 2 aromatic rings. The summed E-state index contributed by atoms with van der Waals surface area (Å²) in [5.41, 5.74) is 0.924. The second kappa shape index (κ2) is 9.50. The van der Waals surface area contributed by atoms with Crippen molar-refractivity contribution >= 4 is 29.2 Å². The van der Waals surface area contributed by atoms with Gasteiger partial charge in [0.1, 0.15) is 0 Å². The van der Waals surface area contributed by atoms with Gasteiger partial charge in [-0.2, -0.15) is 13.2 Å². The van der Waals surface area contributed by atoms with Crippen molar-refractivity contribution in [3.63, 3.8) is 0 Å². The molecule has 36 heavy (non-hydrogen) atoms. The molecule has 10 heteroatoms. The minimum absolute atomic E-state index is 0.0824. The number of carbonyl (C=O) groups excluding carboxylic acids is 1. The van der Waals surface area contributed by atoms with Crippen LogP contribution in [0.1, 0.15) is 63.0 Å². The highest BCUT2D eigenvalue weighted by atomic mass is 35.5. The SMILES string of the molecule is C[C@H](C(C(=O)Nc1cc([C@@H](CC(=O)O)C2CC2)ccc1Cl)c1ccc2c(c1)OC(C)(C)O2)C(F)(F)F. The fraction of sp³-hybridized carbons (Fsp3) is 0.462. The van der Waals surface area contributed by atoms with Crippen molar-refractivity contribution in [2.45, 2.75) is 63.8 Å². The van der Waals surface area contributed by atoms with E-state index in [1.807, 2.05) is 0 Å². The largest absolute Gasteiger partial charge is 0.481 e. The van der Waals surface area contributed by atoms with E-state index < -0.39 is 35.7 Å². The maximum atomic E-state index is 13.8. The molecule has 6 nitrogen and oxygen atoms in total. The van der Waals surface area contributed by atoms with Gasteiger partial charge in [-0.1, -0.05) is 30.7 Å². The van der Waals surface area contributed by atoms with E-state index in [1.54, 1.807) is 26.0 Å². The fourth-order valence-corrected chi connectivity index (χ4v) is 4.78. The van der Waals surface area contributed by atoms with Crippen LogP contribution >= 0.6 is 11.6 Å². The number of hydrogen-bond donors (Lipinski definition) is 2. The molecule has 1 aliphatic carbocycles. The maximum absolute atomic E-state index is 13.8. The van der Waals surface area contributed by atoms with Gasteiger partial charge in [0.05, 0.1) is 29.0 Å². The van der Waals surface area contributed by atoms with E-state index in [1.165, 1.54) is 24.3 Å². The van der Waals surface area contributed by atoms with Gasteiger partial charge in [0.25, 0.3) is 0 Å². The third-order valence-corrected chi connectivity index (χ3v) is 6.93. The number of carbonyl (C=O) groups is 2. The van der Waals surface area contributed by atoms with Gasteiger partial charge in [0.2, 0.25) is 11.7 Å². The summed E-state index contributed by atoms with van der Waals surface area (Å²) < 4.78 is 52.8. The minimum Gasteiger partial charge on any atom is -0.481 e. The fourth-order valence-electron chi connectivity index (χ4n) is 4.61. The van der Waals surface area contributed by atoms with Crippen LogP contribution in [-0.4, -0.2) is 28.9 Å². The quantitative estimate of drug-likeness (QED) is 0.399. The summed E-state index contributed by atoms with van der Waals surface area (Å²) in [6, 6.07) is 9.08. The van der Waals surface area contributed by atoms with E-state index >= 15 is 0 Å². The molecule has 1 aliphatic heterocycles. The molecule has 1 fully saturated rings. The van der Waals surface area contributed by atoms with Crippen LogP contribution in [0.25, 0.3) is 0 Å². The van der Waals surface area contributed by atoms with Gasteiger partial charge in [0, 0.05) is 13.8 Å². The number of hydrogen-bond acceptors (Lipinski definition) is 4. The molecule has 1 unspecified atom stereocenters. The molecular formula is C26H27ClF3NO5. The lowest BCUT2D eigenvalue weighted by Crippen LogP contribution is -2.34. The lowest BCUT2D eigenvalue weighted by atomic mass is 9.85. The first-order chi connectivity index (χ1) is 16.7. The Morgan fingerprint density at radius 1 is 1.11 bits per heavy atom. The third-order valence-electron chi connectivity index (χ3n) is 6.60. The molecular weight excluding hydrogens is 499 g/mol. The Morgan fingerprint density at radius 2 is 1.75 bits per heavy atom. The summed E-state index contributed by atoms with van der Waals surface area (Å²) in [6.45, 7) is 4.29. The van der Waals surface area contributed by atoms with E-state index in [4.69, 9.17) is 21.1 Å². The number of ether oxygens (including phenoxy) is 2. The average molecular weight is 526 g/mol. The zero-order valence-corrected chi connectivity index (χ0v) is 20.7. The lowest BCUT2D eigenvalue weighted by Gasteiger charge is -2.26. The Kier molecular flexibility index (Phi) is 6.90. The summed E-state index contributed by atoms with van der Waals surface area (Å²) in [5, 5.41) is 12.0. The Balaban J connectivity index is 1.65. The monoisotopic (exact) mass is 525 g/mol. The van der Waals surface area contributed by atoms with Gasteiger partial charge in [-0.15, -0.1) is 0 Å². The smallest absolute Gasteiger partial charge is 0.392 e. The lowest BCUT2D eigenvalue weighted by molar-refractivity contribution is -0.178. The van der Waals surface area contributed by atoms with Crippen LogP contribution in [0.2, 0.25) is 5.02 Å². The molecule has 0 radical (unpaired) electrons. The average Bonchev–Trinajstić information content (AvgIpc) is 3.55. The summed E-state index contributed by atoms with van der Waals surface area (Å²) in [6.07, 6.45) is -2.94. The van der Waals surface area contributed by atoms with Crippen molar-refractivity contribution in [2.75, 3.05) is 5.32 Å². The number of fused-ring (bicyclic) bond motifs is 1. The molecule has 194 valence electrons. The molecule has 0 bridgehead atoms. The Bertz CT molecular complexity index is 1180. The topological polar surface area (TPSA) is 84.9 Å². The molecule has 2 N–H and O–H groups in total. The number of amides is 1. The minimum atomic E-state index is -4.65. The first-order valence-electron chi connectivity index (χ1n) is 11.7. The first-order valence-corrected chi connectivity index (χ1v) is 12.0. The Labute approximate surface area is 211 Å². The highest BCUT2D eigenvalue weighted by Crippen LogP contribution is 2.47. The summed E-state index contributed by atoms with van der Waals surface area (Å²) in [7, 11) is 0. The first kappa shape index (κ1) is 26.1. The molecule has 1 saturated carbocycles. The maximum Gasteiger partial charge on any atom is 0.392 e. The number of carboxylic acids is 1. The summed E-state index contributed by atoms with van der Waals surface area (Å²) in [4.78, 5) is 24.7. The standard InChI is InChI=1S/C26H27ClF3NO5/c1-13(26(28,29)30)23(16-7-9-20-21(11-16)36-25(2,3)35-20)24(34)31-19-10-15(6-8-18(19)27)17(12-22(32)33)14-4-5-14/h6-11,13-14,17,23H,4-5,12H2,1-3H3,(H,31,34)(H,32,33)/t13-,17+,23?/m1/s1. The van der Waals surface area contributed by atoms with E-state index in [0.29, 0.717) is 11.3 Å². The van der Waals surface area contributed by atoms with Crippen molar-refractivity contribution in [1.29, 1.82) is 0 Å². The number of anilines is 1.